The highest BCUT2D eigenvalue weighted by atomic mass is 16.8. The second-order valence-electron chi connectivity index (χ2n) is 7.34. The Hall–Kier alpha value is -1.24. The summed E-state index contributed by atoms with van der Waals surface area (Å²) >= 11 is 0. The smallest absolute Gasteiger partial charge is 0.186 e. The quantitative estimate of drug-likeness (QED) is 0.520. The van der Waals surface area contributed by atoms with E-state index in [0.717, 1.165) is 18.4 Å². The molecule has 5 heteroatoms. The van der Waals surface area contributed by atoms with Crippen molar-refractivity contribution in [1.29, 1.82) is 0 Å². The van der Waals surface area contributed by atoms with E-state index in [2.05, 4.69) is 6.58 Å². The fourth-order valence-electron chi connectivity index (χ4n) is 3.47. The number of allylic oxidation sites excluding steroid dienone is 1. The van der Waals surface area contributed by atoms with Crippen molar-refractivity contribution in [2.45, 2.75) is 76.7 Å². The Morgan fingerprint density at radius 1 is 1.12 bits per heavy atom. The summed E-state index contributed by atoms with van der Waals surface area (Å²) in [5.41, 5.74) is 1.12. The fourth-order valence-corrected chi connectivity index (χ4v) is 3.47. The van der Waals surface area contributed by atoms with Crippen LogP contribution in [0.15, 0.2) is 43.0 Å². The molecule has 1 aromatic carbocycles. The van der Waals surface area contributed by atoms with Gasteiger partial charge in [-0.2, -0.15) is 0 Å². The third-order valence-electron chi connectivity index (χ3n) is 4.69. The van der Waals surface area contributed by atoms with Gasteiger partial charge in [-0.05, 0) is 39.2 Å². The van der Waals surface area contributed by atoms with Crippen molar-refractivity contribution in [3.63, 3.8) is 0 Å². The van der Waals surface area contributed by atoms with Crippen LogP contribution in [0.4, 0.5) is 0 Å². The first-order valence-corrected chi connectivity index (χ1v) is 9.39. The molecule has 26 heavy (non-hydrogen) atoms. The van der Waals surface area contributed by atoms with Gasteiger partial charge in [-0.3, -0.25) is 0 Å². The lowest BCUT2D eigenvalue weighted by Gasteiger charge is -2.40. The summed E-state index contributed by atoms with van der Waals surface area (Å²) in [6.45, 7) is 10.7. The van der Waals surface area contributed by atoms with Gasteiger partial charge >= 0.3 is 0 Å². The lowest BCUT2D eigenvalue weighted by atomic mass is 9.99. The van der Waals surface area contributed by atoms with Crippen LogP contribution in [0.3, 0.4) is 0 Å². The molecule has 0 saturated carbocycles. The standard InChI is InChI=1S/C21H30O5/c1-5-6-10-13-22-20-19-18(25-21(3,4)26-19)17(15(2)24-20)23-14-16-11-8-7-9-12-16/h5,7-9,11-12,15,17-20H,1,6,10,13-14H2,2-4H3/t15-,17+,18+,19+,20+/m0/s1. The van der Waals surface area contributed by atoms with Gasteiger partial charge in [0.1, 0.15) is 18.3 Å². The Balaban J connectivity index is 1.65. The number of hydrogen-bond donors (Lipinski definition) is 0. The average Bonchev–Trinajstić information content (AvgIpc) is 2.94. The molecule has 2 aliphatic rings. The minimum Gasteiger partial charge on any atom is -0.368 e. The van der Waals surface area contributed by atoms with Crippen molar-refractivity contribution in [3.8, 4) is 0 Å². The molecule has 2 saturated heterocycles. The molecule has 2 aliphatic heterocycles. The third-order valence-corrected chi connectivity index (χ3v) is 4.69. The predicted octanol–water partition coefficient (Wildman–Crippen LogP) is 3.82. The molecule has 144 valence electrons. The summed E-state index contributed by atoms with van der Waals surface area (Å²) in [5.74, 6) is -0.681. The van der Waals surface area contributed by atoms with Crippen molar-refractivity contribution in [3.05, 3.63) is 48.6 Å². The molecule has 0 radical (unpaired) electrons. The van der Waals surface area contributed by atoms with Gasteiger partial charge in [0, 0.05) is 0 Å². The third kappa shape index (κ3) is 4.72. The van der Waals surface area contributed by atoms with E-state index in [1.165, 1.54) is 0 Å². The second kappa shape index (κ2) is 8.63. The van der Waals surface area contributed by atoms with Gasteiger partial charge in [-0.25, -0.2) is 0 Å². The van der Waals surface area contributed by atoms with Gasteiger partial charge in [-0.15, -0.1) is 6.58 Å². The van der Waals surface area contributed by atoms with Gasteiger partial charge in [0.2, 0.25) is 0 Å². The zero-order chi connectivity index (χ0) is 18.6. The Morgan fingerprint density at radius 3 is 2.58 bits per heavy atom. The van der Waals surface area contributed by atoms with Crippen LogP contribution in [-0.2, 0) is 30.3 Å². The zero-order valence-corrected chi connectivity index (χ0v) is 15.9. The lowest BCUT2D eigenvalue weighted by molar-refractivity contribution is -0.279. The lowest BCUT2D eigenvalue weighted by Crippen LogP contribution is -2.56. The highest BCUT2D eigenvalue weighted by molar-refractivity contribution is 5.13. The first-order valence-electron chi connectivity index (χ1n) is 9.39. The maximum atomic E-state index is 6.18. The molecular formula is C21H30O5. The van der Waals surface area contributed by atoms with E-state index in [4.69, 9.17) is 23.7 Å². The maximum absolute atomic E-state index is 6.18. The molecule has 0 spiro atoms. The molecule has 3 rings (SSSR count). The van der Waals surface area contributed by atoms with Gasteiger partial charge in [0.25, 0.3) is 0 Å². The van der Waals surface area contributed by atoms with E-state index in [9.17, 15) is 0 Å². The minimum atomic E-state index is -0.681. The molecule has 1 aromatic rings. The molecule has 0 bridgehead atoms. The minimum absolute atomic E-state index is 0.151. The van der Waals surface area contributed by atoms with Gasteiger partial charge in [0.05, 0.1) is 19.3 Å². The first-order chi connectivity index (χ1) is 12.5. The maximum Gasteiger partial charge on any atom is 0.186 e. The highest BCUT2D eigenvalue weighted by Crippen LogP contribution is 2.39. The van der Waals surface area contributed by atoms with Crippen molar-refractivity contribution >= 4 is 0 Å². The van der Waals surface area contributed by atoms with E-state index in [0.29, 0.717) is 13.2 Å². The van der Waals surface area contributed by atoms with Crippen LogP contribution >= 0.6 is 0 Å². The summed E-state index contributed by atoms with van der Waals surface area (Å²) in [6, 6.07) is 10.1. The Labute approximate surface area is 156 Å². The number of ether oxygens (including phenoxy) is 5. The summed E-state index contributed by atoms with van der Waals surface area (Å²) in [4.78, 5) is 0. The van der Waals surface area contributed by atoms with Crippen LogP contribution in [0.2, 0.25) is 0 Å². The Bertz CT molecular complexity index is 573. The van der Waals surface area contributed by atoms with E-state index >= 15 is 0 Å². The van der Waals surface area contributed by atoms with E-state index in [1.54, 1.807) is 0 Å². The SMILES string of the molecule is C=CCCCO[C@@H]1O[C@@H](C)[C@@H](OCc2ccccc2)[C@H]2OC(C)(C)O[C@@H]12. The monoisotopic (exact) mass is 362 g/mol. The molecule has 5 atom stereocenters. The van der Waals surface area contributed by atoms with Gasteiger partial charge < -0.3 is 23.7 Å². The molecule has 2 heterocycles. The van der Waals surface area contributed by atoms with Gasteiger partial charge in [0.15, 0.2) is 12.1 Å². The molecule has 0 unspecified atom stereocenters. The van der Waals surface area contributed by atoms with Crippen LogP contribution < -0.4 is 0 Å². The summed E-state index contributed by atoms with van der Waals surface area (Å²) in [5, 5.41) is 0. The number of fused-ring (bicyclic) bond motifs is 1. The second-order valence-corrected chi connectivity index (χ2v) is 7.34. The van der Waals surface area contributed by atoms with Crippen LogP contribution in [0.25, 0.3) is 0 Å². The van der Waals surface area contributed by atoms with E-state index in [1.807, 2.05) is 57.2 Å². The Kier molecular flexibility index (Phi) is 6.48. The molecule has 0 aromatic heterocycles. The topological polar surface area (TPSA) is 46.2 Å². The first kappa shape index (κ1) is 19.5. The number of hydrogen-bond acceptors (Lipinski definition) is 5. The number of unbranched alkanes of at least 4 members (excludes halogenated alkanes) is 1. The van der Waals surface area contributed by atoms with E-state index < -0.39 is 12.1 Å². The Morgan fingerprint density at radius 2 is 1.85 bits per heavy atom. The van der Waals surface area contributed by atoms with Gasteiger partial charge in [-0.1, -0.05) is 36.4 Å². The highest BCUT2D eigenvalue weighted by Gasteiger charge is 2.55. The largest absolute Gasteiger partial charge is 0.368 e. The number of benzene rings is 1. The fraction of sp³-hybridized carbons (Fsp3) is 0.619. The summed E-state index contributed by atoms with van der Waals surface area (Å²) < 4.78 is 30.5. The van der Waals surface area contributed by atoms with Crippen LogP contribution in [0.1, 0.15) is 39.2 Å². The van der Waals surface area contributed by atoms with Crippen LogP contribution in [0.5, 0.6) is 0 Å². The van der Waals surface area contributed by atoms with Crippen molar-refractivity contribution in [2.75, 3.05) is 6.61 Å². The normalized spacial score (nSPS) is 33.0. The summed E-state index contributed by atoms with van der Waals surface area (Å²) in [6.07, 6.45) is 2.39. The molecule has 0 aliphatic carbocycles. The summed E-state index contributed by atoms with van der Waals surface area (Å²) in [7, 11) is 0. The number of rotatable bonds is 8. The van der Waals surface area contributed by atoms with Crippen molar-refractivity contribution in [1.82, 2.24) is 0 Å². The predicted molar refractivity (Wildman–Crippen MR) is 98.6 cm³/mol. The molecule has 5 nitrogen and oxygen atoms in total. The van der Waals surface area contributed by atoms with Crippen LogP contribution in [-0.4, -0.2) is 43.1 Å². The van der Waals surface area contributed by atoms with E-state index in [-0.39, 0.29) is 24.4 Å². The molecule has 0 N–H and O–H groups in total. The average molecular weight is 362 g/mol. The van der Waals surface area contributed by atoms with Crippen molar-refractivity contribution < 1.29 is 23.7 Å². The van der Waals surface area contributed by atoms with Crippen molar-refractivity contribution in [2.24, 2.45) is 0 Å². The molecule has 0 amide bonds. The zero-order valence-electron chi connectivity index (χ0n) is 15.9. The van der Waals surface area contributed by atoms with Crippen LogP contribution in [0, 0.1) is 0 Å². The molecular weight excluding hydrogens is 332 g/mol. The molecule has 2 fully saturated rings.